The Morgan fingerprint density at radius 2 is 2.00 bits per heavy atom. The van der Waals surface area contributed by atoms with Gasteiger partial charge in [-0.25, -0.2) is 13.4 Å². The van der Waals surface area contributed by atoms with Gasteiger partial charge >= 0.3 is 0 Å². The third kappa shape index (κ3) is 3.05. The van der Waals surface area contributed by atoms with Crippen LogP contribution in [0.5, 0.6) is 0 Å². The number of nitrogens with zero attached hydrogens (tertiary/aromatic N) is 4. The maximum atomic E-state index is 12.5. The zero-order valence-electron chi connectivity index (χ0n) is 11.5. The third-order valence-corrected chi connectivity index (χ3v) is 4.93. The lowest BCUT2D eigenvalue weighted by atomic mass is 10.3. The summed E-state index contributed by atoms with van der Waals surface area (Å²) in [5.41, 5.74) is 0.655. The van der Waals surface area contributed by atoms with Crippen molar-refractivity contribution >= 4 is 21.4 Å². The quantitative estimate of drug-likeness (QED) is 0.716. The summed E-state index contributed by atoms with van der Waals surface area (Å²) in [4.78, 5) is 4.00. The molecular weight excluding hydrogens is 324 g/mol. The maximum Gasteiger partial charge on any atom is 0.232 e. The summed E-state index contributed by atoms with van der Waals surface area (Å²) in [7, 11) is -3.54. The zero-order chi connectivity index (χ0) is 15.6. The van der Waals surface area contributed by atoms with Gasteiger partial charge in [-0.1, -0.05) is 17.7 Å². The highest BCUT2D eigenvalue weighted by atomic mass is 35.5. The summed E-state index contributed by atoms with van der Waals surface area (Å²) in [6, 6.07) is 8.71. The first-order chi connectivity index (χ1) is 10.6. The minimum Gasteiger partial charge on any atom is -0.291 e. The van der Waals surface area contributed by atoms with E-state index in [1.807, 2.05) is 0 Å². The predicted molar refractivity (Wildman–Crippen MR) is 82.9 cm³/mol. The number of halogens is 1. The van der Waals surface area contributed by atoms with Crippen molar-refractivity contribution in [1.29, 1.82) is 0 Å². The van der Waals surface area contributed by atoms with E-state index in [1.54, 1.807) is 53.6 Å². The van der Waals surface area contributed by atoms with Crippen LogP contribution in [0.2, 0.25) is 5.02 Å². The molecule has 8 heteroatoms. The average Bonchev–Trinajstić information content (AvgIpc) is 3.17. The van der Waals surface area contributed by atoms with E-state index in [2.05, 4.69) is 10.1 Å². The Bertz CT molecular complexity index is 872. The first-order valence-corrected chi connectivity index (χ1v) is 8.59. The fourth-order valence-electron chi connectivity index (χ4n) is 2.08. The van der Waals surface area contributed by atoms with Crippen LogP contribution in [0.1, 0.15) is 0 Å². The molecule has 22 heavy (non-hydrogen) atoms. The van der Waals surface area contributed by atoms with Crippen LogP contribution in [0.4, 0.5) is 0 Å². The van der Waals surface area contributed by atoms with E-state index in [9.17, 15) is 8.42 Å². The van der Waals surface area contributed by atoms with Gasteiger partial charge in [-0.3, -0.25) is 9.25 Å². The van der Waals surface area contributed by atoms with Gasteiger partial charge in [0.05, 0.1) is 12.3 Å². The monoisotopic (exact) mass is 336 g/mol. The smallest absolute Gasteiger partial charge is 0.232 e. The SMILES string of the molecule is O=S(=O)(CCn1cccn1)c1nccn1-c1cccc(Cl)c1. The molecule has 0 bridgehead atoms. The molecule has 3 aromatic rings. The summed E-state index contributed by atoms with van der Waals surface area (Å²) in [5.74, 6) is -0.0771. The molecule has 0 radical (unpaired) electrons. The van der Waals surface area contributed by atoms with E-state index in [4.69, 9.17) is 11.6 Å². The normalized spacial score (nSPS) is 11.7. The zero-order valence-corrected chi connectivity index (χ0v) is 13.1. The van der Waals surface area contributed by atoms with Gasteiger partial charge in [0.15, 0.2) is 0 Å². The highest BCUT2D eigenvalue weighted by Gasteiger charge is 2.21. The van der Waals surface area contributed by atoms with Gasteiger partial charge in [-0.15, -0.1) is 0 Å². The van der Waals surface area contributed by atoms with Crippen molar-refractivity contribution in [2.45, 2.75) is 11.7 Å². The molecule has 0 unspecified atom stereocenters. The largest absolute Gasteiger partial charge is 0.291 e. The Hall–Kier alpha value is -2.12. The number of sulfone groups is 1. The molecule has 6 nitrogen and oxygen atoms in total. The van der Waals surface area contributed by atoms with Gasteiger partial charge in [0.2, 0.25) is 15.0 Å². The fourth-order valence-corrected chi connectivity index (χ4v) is 3.56. The van der Waals surface area contributed by atoms with Gasteiger partial charge in [0, 0.05) is 35.5 Å². The van der Waals surface area contributed by atoms with Crippen LogP contribution < -0.4 is 0 Å². The highest BCUT2D eigenvalue weighted by Crippen LogP contribution is 2.19. The van der Waals surface area contributed by atoms with Crippen molar-refractivity contribution < 1.29 is 8.42 Å². The number of hydrogen-bond donors (Lipinski definition) is 0. The minimum atomic E-state index is -3.54. The second-order valence-electron chi connectivity index (χ2n) is 4.65. The van der Waals surface area contributed by atoms with E-state index in [-0.39, 0.29) is 17.5 Å². The van der Waals surface area contributed by atoms with Crippen molar-refractivity contribution in [3.63, 3.8) is 0 Å². The Morgan fingerprint density at radius 3 is 2.73 bits per heavy atom. The maximum absolute atomic E-state index is 12.5. The van der Waals surface area contributed by atoms with Crippen molar-refractivity contribution in [2.75, 3.05) is 5.75 Å². The van der Waals surface area contributed by atoms with Gasteiger partial charge in [0.25, 0.3) is 0 Å². The molecule has 0 spiro atoms. The number of hydrogen-bond acceptors (Lipinski definition) is 4. The molecule has 0 amide bonds. The molecule has 0 fully saturated rings. The van der Waals surface area contributed by atoms with E-state index in [1.165, 1.54) is 10.8 Å². The lowest BCUT2D eigenvalue weighted by Gasteiger charge is -2.09. The molecule has 114 valence electrons. The standard InChI is InChI=1S/C14H13ClN4O2S/c15-12-3-1-4-13(11-12)19-8-6-16-14(19)22(20,21)10-9-18-7-2-5-17-18/h1-8,11H,9-10H2. The Kier molecular flexibility index (Phi) is 4.00. The second kappa shape index (κ2) is 5.94. The summed E-state index contributed by atoms with van der Waals surface area (Å²) < 4.78 is 28.1. The summed E-state index contributed by atoms with van der Waals surface area (Å²) >= 11 is 5.96. The minimum absolute atomic E-state index is 0.00178. The Labute approximate surface area is 132 Å². The number of aryl methyl sites for hydroxylation is 1. The van der Waals surface area contributed by atoms with Gasteiger partial charge in [0.1, 0.15) is 0 Å². The molecule has 3 rings (SSSR count). The van der Waals surface area contributed by atoms with Gasteiger partial charge in [-0.05, 0) is 24.3 Å². The summed E-state index contributed by atoms with van der Waals surface area (Å²) in [5, 5.41) is 4.54. The first kappa shape index (κ1) is 14.8. The predicted octanol–water partition coefficient (Wildman–Crippen LogP) is 2.20. The van der Waals surface area contributed by atoms with Crippen LogP contribution in [0.15, 0.2) is 60.3 Å². The molecule has 1 aromatic carbocycles. The number of aromatic nitrogens is 4. The molecule has 2 heterocycles. The molecule has 0 saturated carbocycles. The number of rotatable bonds is 5. The molecule has 2 aromatic heterocycles. The van der Waals surface area contributed by atoms with Gasteiger partial charge < -0.3 is 0 Å². The topological polar surface area (TPSA) is 69.8 Å². The molecular formula is C14H13ClN4O2S. The van der Waals surface area contributed by atoms with Crippen LogP contribution in [0.3, 0.4) is 0 Å². The number of benzene rings is 1. The van der Waals surface area contributed by atoms with Crippen LogP contribution in [0.25, 0.3) is 5.69 Å². The van der Waals surface area contributed by atoms with Crippen LogP contribution in [-0.2, 0) is 16.4 Å². The number of imidazole rings is 1. The van der Waals surface area contributed by atoms with Crippen molar-refractivity contribution in [3.8, 4) is 5.69 Å². The molecule has 0 aliphatic rings. The van der Waals surface area contributed by atoms with Crippen LogP contribution in [0, 0.1) is 0 Å². The summed E-state index contributed by atoms with van der Waals surface area (Å²) in [6.45, 7) is 0.276. The molecule has 0 atom stereocenters. The first-order valence-electron chi connectivity index (χ1n) is 6.56. The van der Waals surface area contributed by atoms with E-state index >= 15 is 0 Å². The molecule has 0 saturated heterocycles. The second-order valence-corrected chi connectivity index (χ2v) is 7.09. The molecule has 0 N–H and O–H groups in total. The van der Waals surface area contributed by atoms with Crippen molar-refractivity contribution in [1.82, 2.24) is 19.3 Å². The third-order valence-electron chi connectivity index (χ3n) is 3.12. The highest BCUT2D eigenvalue weighted by molar-refractivity contribution is 7.91. The van der Waals surface area contributed by atoms with E-state index in [0.717, 1.165) is 0 Å². The summed E-state index contributed by atoms with van der Waals surface area (Å²) in [6.07, 6.45) is 6.40. The van der Waals surface area contributed by atoms with Crippen LogP contribution >= 0.6 is 11.6 Å². The Balaban J connectivity index is 1.90. The molecule has 0 aliphatic heterocycles. The lowest BCUT2D eigenvalue weighted by Crippen LogP contribution is -2.17. The van der Waals surface area contributed by atoms with Crippen molar-refractivity contribution in [2.24, 2.45) is 0 Å². The van der Waals surface area contributed by atoms with Crippen molar-refractivity contribution in [3.05, 3.63) is 60.1 Å². The average molecular weight is 337 g/mol. The molecule has 0 aliphatic carbocycles. The van der Waals surface area contributed by atoms with Crippen LogP contribution in [-0.4, -0.2) is 33.5 Å². The fraction of sp³-hybridized carbons (Fsp3) is 0.143. The van der Waals surface area contributed by atoms with E-state index < -0.39 is 9.84 Å². The van der Waals surface area contributed by atoms with E-state index in [0.29, 0.717) is 10.7 Å². The lowest BCUT2D eigenvalue weighted by molar-refractivity contribution is 0.570. The van der Waals surface area contributed by atoms with Gasteiger partial charge in [-0.2, -0.15) is 5.10 Å². The Morgan fingerprint density at radius 1 is 1.14 bits per heavy atom.